The van der Waals surface area contributed by atoms with Gasteiger partial charge in [0.25, 0.3) is 5.91 Å². The van der Waals surface area contributed by atoms with Crippen molar-refractivity contribution < 1.29 is 9.53 Å². The Kier molecular flexibility index (Phi) is 5.83. The zero-order valence-corrected chi connectivity index (χ0v) is 13.1. The zero-order valence-electron chi connectivity index (χ0n) is 13.1. The van der Waals surface area contributed by atoms with Crippen LogP contribution < -0.4 is 15.4 Å². The lowest BCUT2D eigenvalue weighted by Gasteiger charge is -2.09. The van der Waals surface area contributed by atoms with E-state index in [1.54, 1.807) is 25.3 Å². The summed E-state index contributed by atoms with van der Waals surface area (Å²) in [6.45, 7) is 3.13. The van der Waals surface area contributed by atoms with E-state index in [9.17, 15) is 4.79 Å². The Bertz CT molecular complexity index is 609. The van der Waals surface area contributed by atoms with E-state index in [1.807, 2.05) is 30.3 Å². The van der Waals surface area contributed by atoms with Crippen molar-refractivity contribution in [2.75, 3.05) is 24.3 Å². The Hall–Kier alpha value is -2.49. The average molecular weight is 298 g/mol. The van der Waals surface area contributed by atoms with Crippen molar-refractivity contribution in [2.45, 2.75) is 19.8 Å². The second-order valence-corrected chi connectivity index (χ2v) is 5.04. The van der Waals surface area contributed by atoms with Crippen molar-refractivity contribution in [3.8, 4) is 5.75 Å². The molecule has 0 aliphatic heterocycles. The molecule has 22 heavy (non-hydrogen) atoms. The third-order valence-corrected chi connectivity index (χ3v) is 3.33. The number of hydrogen-bond acceptors (Lipinski definition) is 3. The number of rotatable bonds is 7. The Morgan fingerprint density at radius 1 is 1.09 bits per heavy atom. The maximum Gasteiger partial charge on any atom is 0.255 e. The quantitative estimate of drug-likeness (QED) is 0.755. The number of hydrogen-bond donors (Lipinski definition) is 2. The predicted molar refractivity (Wildman–Crippen MR) is 90.8 cm³/mol. The summed E-state index contributed by atoms with van der Waals surface area (Å²) in [4.78, 5) is 12.2. The molecule has 0 aliphatic carbocycles. The Labute approximate surface area is 131 Å². The second kappa shape index (κ2) is 8.08. The van der Waals surface area contributed by atoms with Crippen LogP contribution in [0, 0.1) is 0 Å². The molecule has 0 radical (unpaired) electrons. The lowest BCUT2D eigenvalue weighted by Crippen LogP contribution is -2.12. The minimum atomic E-state index is -0.148. The first-order valence-electron chi connectivity index (χ1n) is 7.52. The number of methoxy groups -OCH3 is 1. The molecule has 2 rings (SSSR count). The molecule has 0 saturated heterocycles. The zero-order chi connectivity index (χ0) is 15.8. The summed E-state index contributed by atoms with van der Waals surface area (Å²) < 4.78 is 5.13. The first-order valence-corrected chi connectivity index (χ1v) is 7.52. The topological polar surface area (TPSA) is 50.4 Å². The highest BCUT2D eigenvalue weighted by molar-refractivity contribution is 6.04. The molecule has 2 N–H and O–H groups in total. The summed E-state index contributed by atoms with van der Waals surface area (Å²) in [6, 6.07) is 14.8. The molecule has 0 unspecified atom stereocenters. The Balaban J connectivity index is 1.96. The number of anilines is 2. The van der Waals surface area contributed by atoms with Gasteiger partial charge in [-0.15, -0.1) is 0 Å². The predicted octanol–water partition coefficient (Wildman–Crippen LogP) is 4.16. The molecule has 0 fully saturated rings. The van der Waals surface area contributed by atoms with E-state index < -0.39 is 0 Å². The second-order valence-electron chi connectivity index (χ2n) is 5.04. The van der Waals surface area contributed by atoms with E-state index in [2.05, 4.69) is 17.6 Å². The van der Waals surface area contributed by atoms with Crippen LogP contribution in [0.15, 0.2) is 48.5 Å². The Morgan fingerprint density at radius 2 is 1.82 bits per heavy atom. The van der Waals surface area contributed by atoms with Crippen LogP contribution >= 0.6 is 0 Å². The lowest BCUT2D eigenvalue weighted by molar-refractivity contribution is 0.102. The van der Waals surface area contributed by atoms with Gasteiger partial charge >= 0.3 is 0 Å². The number of ether oxygens (including phenoxy) is 1. The standard InChI is InChI=1S/C18H22N2O2/c1-3-4-12-19-15-8-10-16(11-9-15)20-18(21)14-6-5-7-17(13-14)22-2/h5-11,13,19H,3-4,12H2,1-2H3,(H,20,21). The number of carbonyl (C=O) groups excluding carboxylic acids is 1. The highest BCUT2D eigenvalue weighted by Crippen LogP contribution is 2.17. The summed E-state index contributed by atoms with van der Waals surface area (Å²) in [5, 5.41) is 6.23. The summed E-state index contributed by atoms with van der Waals surface area (Å²) in [6.07, 6.45) is 2.32. The van der Waals surface area contributed by atoms with Gasteiger partial charge in [-0.1, -0.05) is 19.4 Å². The molecule has 0 saturated carbocycles. The van der Waals surface area contributed by atoms with Crippen LogP contribution in [-0.4, -0.2) is 19.6 Å². The number of benzene rings is 2. The van der Waals surface area contributed by atoms with Crippen LogP contribution in [0.5, 0.6) is 5.75 Å². The molecule has 0 aromatic heterocycles. The maximum absolute atomic E-state index is 12.2. The molecule has 2 aromatic carbocycles. The van der Waals surface area contributed by atoms with Gasteiger partial charge in [-0.05, 0) is 48.9 Å². The van der Waals surface area contributed by atoms with Gasteiger partial charge in [-0.25, -0.2) is 0 Å². The smallest absolute Gasteiger partial charge is 0.255 e. The van der Waals surface area contributed by atoms with E-state index in [0.29, 0.717) is 11.3 Å². The van der Waals surface area contributed by atoms with E-state index >= 15 is 0 Å². The normalized spacial score (nSPS) is 10.1. The fourth-order valence-electron chi connectivity index (χ4n) is 2.05. The van der Waals surface area contributed by atoms with Gasteiger partial charge in [-0.3, -0.25) is 4.79 Å². The summed E-state index contributed by atoms with van der Waals surface area (Å²) in [7, 11) is 1.58. The number of carbonyl (C=O) groups is 1. The fraction of sp³-hybridized carbons (Fsp3) is 0.278. The third-order valence-electron chi connectivity index (χ3n) is 3.33. The van der Waals surface area contributed by atoms with Gasteiger partial charge in [0.2, 0.25) is 0 Å². The minimum Gasteiger partial charge on any atom is -0.497 e. The van der Waals surface area contributed by atoms with E-state index in [-0.39, 0.29) is 5.91 Å². The summed E-state index contributed by atoms with van der Waals surface area (Å²) in [5.41, 5.74) is 2.41. The average Bonchev–Trinajstić information content (AvgIpc) is 2.56. The molecule has 0 spiro atoms. The molecule has 4 heteroatoms. The number of unbranched alkanes of at least 4 members (excludes halogenated alkanes) is 1. The summed E-state index contributed by atoms with van der Waals surface area (Å²) >= 11 is 0. The van der Waals surface area contributed by atoms with Crippen LogP contribution in [0.1, 0.15) is 30.1 Å². The lowest BCUT2D eigenvalue weighted by atomic mass is 10.2. The van der Waals surface area contributed by atoms with Crippen LogP contribution in [0.25, 0.3) is 0 Å². The molecular weight excluding hydrogens is 276 g/mol. The number of nitrogens with one attached hydrogen (secondary N) is 2. The van der Waals surface area contributed by atoms with Crippen molar-refractivity contribution in [3.63, 3.8) is 0 Å². The Morgan fingerprint density at radius 3 is 2.50 bits per heavy atom. The number of amides is 1. The molecule has 0 bridgehead atoms. The van der Waals surface area contributed by atoms with Crippen LogP contribution in [0.2, 0.25) is 0 Å². The van der Waals surface area contributed by atoms with Crippen molar-refractivity contribution in [2.24, 2.45) is 0 Å². The first-order chi connectivity index (χ1) is 10.7. The molecule has 1 amide bonds. The largest absolute Gasteiger partial charge is 0.497 e. The van der Waals surface area contributed by atoms with Gasteiger partial charge in [0.1, 0.15) is 5.75 Å². The SMILES string of the molecule is CCCCNc1ccc(NC(=O)c2cccc(OC)c2)cc1. The molecule has 4 nitrogen and oxygen atoms in total. The van der Waals surface area contributed by atoms with Crippen LogP contribution in [-0.2, 0) is 0 Å². The fourth-order valence-corrected chi connectivity index (χ4v) is 2.05. The van der Waals surface area contributed by atoms with Crippen molar-refractivity contribution in [1.82, 2.24) is 0 Å². The molecule has 0 heterocycles. The minimum absolute atomic E-state index is 0.148. The van der Waals surface area contributed by atoms with E-state index in [0.717, 1.165) is 24.3 Å². The third kappa shape index (κ3) is 4.52. The highest BCUT2D eigenvalue weighted by atomic mass is 16.5. The van der Waals surface area contributed by atoms with Crippen LogP contribution in [0.4, 0.5) is 11.4 Å². The van der Waals surface area contributed by atoms with Gasteiger partial charge in [-0.2, -0.15) is 0 Å². The molecule has 2 aromatic rings. The van der Waals surface area contributed by atoms with Crippen LogP contribution in [0.3, 0.4) is 0 Å². The van der Waals surface area contributed by atoms with E-state index in [4.69, 9.17) is 4.74 Å². The molecular formula is C18H22N2O2. The van der Waals surface area contributed by atoms with Gasteiger partial charge in [0.15, 0.2) is 0 Å². The van der Waals surface area contributed by atoms with Gasteiger partial charge in [0.05, 0.1) is 7.11 Å². The highest BCUT2D eigenvalue weighted by Gasteiger charge is 2.07. The first kappa shape index (κ1) is 15.9. The van der Waals surface area contributed by atoms with Crippen molar-refractivity contribution >= 4 is 17.3 Å². The molecule has 0 aliphatic rings. The molecule has 116 valence electrons. The van der Waals surface area contributed by atoms with E-state index in [1.165, 1.54) is 6.42 Å². The molecule has 0 atom stereocenters. The van der Waals surface area contributed by atoms with Gasteiger partial charge < -0.3 is 15.4 Å². The van der Waals surface area contributed by atoms with Crippen molar-refractivity contribution in [1.29, 1.82) is 0 Å². The summed E-state index contributed by atoms with van der Waals surface area (Å²) in [5.74, 6) is 0.522. The van der Waals surface area contributed by atoms with Gasteiger partial charge in [0, 0.05) is 23.5 Å². The maximum atomic E-state index is 12.2. The monoisotopic (exact) mass is 298 g/mol. The van der Waals surface area contributed by atoms with Crippen molar-refractivity contribution in [3.05, 3.63) is 54.1 Å².